The van der Waals surface area contributed by atoms with Crippen LogP contribution in [0.1, 0.15) is 29.5 Å². The fourth-order valence-electron chi connectivity index (χ4n) is 4.61. The molecule has 8 heteroatoms. The van der Waals surface area contributed by atoms with Crippen LogP contribution < -0.4 is 15.8 Å². The summed E-state index contributed by atoms with van der Waals surface area (Å²) in [5, 5.41) is 3.70. The monoisotopic (exact) mass is 501 g/mol. The minimum atomic E-state index is -0.220. The van der Waals surface area contributed by atoms with Crippen molar-refractivity contribution in [2.24, 2.45) is 5.92 Å². The van der Waals surface area contributed by atoms with E-state index in [1.165, 1.54) is 0 Å². The van der Waals surface area contributed by atoms with Gasteiger partial charge < -0.3 is 10.2 Å². The van der Waals surface area contributed by atoms with E-state index in [1.54, 1.807) is 10.8 Å². The van der Waals surface area contributed by atoms with Gasteiger partial charge in [0.1, 0.15) is 5.52 Å². The molecule has 1 N–H and O–H groups in total. The van der Waals surface area contributed by atoms with Crippen molar-refractivity contribution in [1.82, 2.24) is 19.9 Å². The zero-order valence-corrected chi connectivity index (χ0v) is 20.9. The number of amides is 1. The Morgan fingerprint density at radius 3 is 2.61 bits per heavy atom. The average molecular weight is 502 g/mol. The Bertz CT molecular complexity index is 1430. The molecule has 0 spiro atoms. The van der Waals surface area contributed by atoms with Crippen LogP contribution in [-0.2, 0) is 17.9 Å². The molecule has 4 aromatic rings. The summed E-state index contributed by atoms with van der Waals surface area (Å²) in [5.41, 5.74) is 4.20. The van der Waals surface area contributed by atoms with E-state index in [1.807, 2.05) is 72.5 Å². The Kier molecular flexibility index (Phi) is 7.00. The van der Waals surface area contributed by atoms with Gasteiger partial charge in [-0.25, -0.2) is 9.97 Å². The van der Waals surface area contributed by atoms with Crippen LogP contribution in [0.2, 0.25) is 5.02 Å². The number of fused-ring (bicyclic) bond motifs is 1. The van der Waals surface area contributed by atoms with Gasteiger partial charge in [-0.3, -0.25) is 14.2 Å². The number of halogens is 1. The smallest absolute Gasteiger partial charge is 0.295 e. The van der Waals surface area contributed by atoms with Crippen LogP contribution in [0.25, 0.3) is 11.2 Å². The number of pyridine rings is 1. The van der Waals surface area contributed by atoms with Gasteiger partial charge in [0.2, 0.25) is 5.91 Å². The third kappa shape index (κ3) is 5.26. The van der Waals surface area contributed by atoms with Crippen molar-refractivity contribution in [1.29, 1.82) is 0 Å². The zero-order valence-electron chi connectivity index (χ0n) is 20.2. The lowest BCUT2D eigenvalue weighted by Gasteiger charge is -2.32. The molecule has 1 aliphatic rings. The quantitative estimate of drug-likeness (QED) is 0.425. The predicted octanol–water partition coefficient (Wildman–Crippen LogP) is 4.33. The predicted molar refractivity (Wildman–Crippen MR) is 142 cm³/mol. The van der Waals surface area contributed by atoms with Gasteiger partial charge in [0.05, 0.1) is 12.5 Å². The molecule has 36 heavy (non-hydrogen) atoms. The number of benzene rings is 2. The number of carbonyl (C=O) groups is 1. The topological polar surface area (TPSA) is 80.1 Å². The number of nitrogens with zero attached hydrogens (tertiary/aromatic N) is 4. The Hall–Kier alpha value is -3.71. The van der Waals surface area contributed by atoms with E-state index in [2.05, 4.69) is 10.3 Å². The van der Waals surface area contributed by atoms with Crippen molar-refractivity contribution in [3.8, 4) is 0 Å². The first kappa shape index (κ1) is 24.0. The second-order valence-electron chi connectivity index (χ2n) is 9.29. The van der Waals surface area contributed by atoms with Crippen LogP contribution in [0.15, 0.2) is 71.7 Å². The van der Waals surface area contributed by atoms with Crippen molar-refractivity contribution >= 4 is 34.5 Å². The van der Waals surface area contributed by atoms with Crippen molar-refractivity contribution < 1.29 is 4.79 Å². The van der Waals surface area contributed by atoms with Crippen LogP contribution in [0, 0.1) is 12.8 Å². The number of aryl methyl sites for hydroxylation is 1. The standard InChI is InChI=1S/C28H28ClN5O2/c1-19-6-8-21(9-7-19)17-34-25-24(5-2-14-30-25)32-26(28(34)36)33-15-3-4-22(18-33)27(35)31-16-20-10-12-23(29)13-11-20/h2,5-14,22H,3-4,15-18H2,1H3,(H,31,35)/t22-/m1/s1. The molecule has 184 valence electrons. The number of aromatic nitrogens is 3. The molecule has 1 aliphatic heterocycles. The van der Waals surface area contributed by atoms with E-state index < -0.39 is 0 Å². The van der Waals surface area contributed by atoms with Gasteiger partial charge in [0.15, 0.2) is 11.5 Å². The summed E-state index contributed by atoms with van der Waals surface area (Å²) in [6.45, 7) is 4.01. The number of hydrogen-bond donors (Lipinski definition) is 1. The Morgan fingerprint density at radius 2 is 1.83 bits per heavy atom. The lowest BCUT2D eigenvalue weighted by Crippen LogP contribution is -2.45. The van der Waals surface area contributed by atoms with E-state index in [-0.39, 0.29) is 17.4 Å². The minimum absolute atomic E-state index is 0.0166. The first-order valence-electron chi connectivity index (χ1n) is 12.2. The number of hydrogen-bond acceptors (Lipinski definition) is 5. The maximum Gasteiger partial charge on any atom is 0.295 e. The lowest BCUT2D eigenvalue weighted by molar-refractivity contribution is -0.125. The Labute approximate surface area is 214 Å². The molecule has 3 heterocycles. The first-order valence-corrected chi connectivity index (χ1v) is 12.5. The first-order chi connectivity index (χ1) is 17.5. The van der Waals surface area contributed by atoms with Gasteiger partial charge in [-0.2, -0.15) is 0 Å². The highest BCUT2D eigenvalue weighted by Crippen LogP contribution is 2.22. The van der Waals surface area contributed by atoms with Crippen LogP contribution in [0.5, 0.6) is 0 Å². The fraction of sp³-hybridized carbons (Fsp3) is 0.286. The van der Waals surface area contributed by atoms with Gasteiger partial charge in [0.25, 0.3) is 5.56 Å². The van der Waals surface area contributed by atoms with E-state index in [0.29, 0.717) is 48.2 Å². The van der Waals surface area contributed by atoms with Gasteiger partial charge in [-0.05, 0) is 55.2 Å². The zero-order chi connectivity index (χ0) is 25.1. The summed E-state index contributed by atoms with van der Waals surface area (Å²) >= 11 is 5.95. The van der Waals surface area contributed by atoms with Gasteiger partial charge in [0, 0.05) is 30.9 Å². The van der Waals surface area contributed by atoms with E-state index in [9.17, 15) is 9.59 Å². The SMILES string of the molecule is Cc1ccc(Cn2c(=O)c(N3CCC[C@@H](C(=O)NCc4ccc(Cl)cc4)C3)nc3cccnc32)cc1. The molecule has 0 unspecified atom stereocenters. The molecule has 1 fully saturated rings. The summed E-state index contributed by atoms with van der Waals surface area (Å²) < 4.78 is 1.69. The molecule has 1 atom stereocenters. The molecular formula is C28H28ClN5O2. The summed E-state index contributed by atoms with van der Waals surface area (Å²) in [5.74, 6) is 0.136. The Morgan fingerprint density at radius 1 is 1.08 bits per heavy atom. The van der Waals surface area contributed by atoms with Gasteiger partial charge in [-0.1, -0.05) is 53.6 Å². The molecule has 0 radical (unpaired) electrons. The van der Waals surface area contributed by atoms with Crippen molar-refractivity contribution in [2.75, 3.05) is 18.0 Å². The number of carbonyl (C=O) groups excluding carboxylic acids is 1. The summed E-state index contributed by atoms with van der Waals surface area (Å²) in [7, 11) is 0. The summed E-state index contributed by atoms with van der Waals surface area (Å²) in [4.78, 5) is 37.8. The van der Waals surface area contributed by atoms with Crippen molar-refractivity contribution in [2.45, 2.75) is 32.9 Å². The third-order valence-electron chi connectivity index (χ3n) is 6.62. The number of anilines is 1. The van der Waals surface area contributed by atoms with E-state index >= 15 is 0 Å². The molecule has 0 bridgehead atoms. The van der Waals surface area contributed by atoms with Gasteiger partial charge >= 0.3 is 0 Å². The van der Waals surface area contributed by atoms with Crippen LogP contribution in [0.4, 0.5) is 5.82 Å². The summed E-state index contributed by atoms with van der Waals surface area (Å²) in [6.07, 6.45) is 3.26. The average Bonchev–Trinajstić information content (AvgIpc) is 2.91. The van der Waals surface area contributed by atoms with Crippen molar-refractivity contribution in [3.63, 3.8) is 0 Å². The van der Waals surface area contributed by atoms with E-state index in [4.69, 9.17) is 16.6 Å². The largest absolute Gasteiger partial charge is 0.352 e. The molecule has 2 aromatic heterocycles. The number of rotatable bonds is 6. The highest BCUT2D eigenvalue weighted by molar-refractivity contribution is 6.30. The van der Waals surface area contributed by atoms with Gasteiger partial charge in [-0.15, -0.1) is 0 Å². The second-order valence-corrected chi connectivity index (χ2v) is 9.72. The highest BCUT2D eigenvalue weighted by atomic mass is 35.5. The molecular weight excluding hydrogens is 474 g/mol. The number of piperidine rings is 1. The maximum atomic E-state index is 13.7. The fourth-order valence-corrected chi connectivity index (χ4v) is 4.74. The molecule has 5 rings (SSSR count). The van der Waals surface area contributed by atoms with Crippen LogP contribution >= 0.6 is 11.6 Å². The summed E-state index contributed by atoms with van der Waals surface area (Å²) in [6, 6.07) is 19.3. The third-order valence-corrected chi connectivity index (χ3v) is 6.87. The molecule has 7 nitrogen and oxygen atoms in total. The molecule has 2 aromatic carbocycles. The van der Waals surface area contributed by atoms with E-state index in [0.717, 1.165) is 29.5 Å². The Balaban J connectivity index is 1.38. The molecule has 1 amide bonds. The highest BCUT2D eigenvalue weighted by Gasteiger charge is 2.28. The molecule has 1 saturated heterocycles. The second kappa shape index (κ2) is 10.5. The normalized spacial score (nSPS) is 15.7. The number of nitrogens with one attached hydrogen (secondary N) is 1. The van der Waals surface area contributed by atoms with Crippen LogP contribution in [0.3, 0.4) is 0 Å². The van der Waals surface area contributed by atoms with Crippen LogP contribution in [-0.4, -0.2) is 33.5 Å². The minimum Gasteiger partial charge on any atom is -0.352 e. The van der Waals surface area contributed by atoms with Crippen molar-refractivity contribution in [3.05, 3.63) is 98.9 Å². The maximum absolute atomic E-state index is 13.7. The lowest BCUT2D eigenvalue weighted by atomic mass is 9.97. The molecule has 0 saturated carbocycles. The molecule has 0 aliphatic carbocycles.